The van der Waals surface area contributed by atoms with E-state index in [1.165, 1.54) is 51.5 Å². The van der Waals surface area contributed by atoms with Gasteiger partial charge in [0.25, 0.3) is 12.3 Å². The Balaban J connectivity index is 0.0000161. The summed E-state index contributed by atoms with van der Waals surface area (Å²) in [6.07, 6.45) is -0.715. The number of nitrogens with zero attached hydrogens (tertiary/aromatic N) is 3. The van der Waals surface area contributed by atoms with E-state index in [1.54, 1.807) is 0 Å². The topological polar surface area (TPSA) is 448 Å². The van der Waals surface area contributed by atoms with E-state index in [4.69, 9.17) is 8.92 Å². The average molecular weight is 1450 g/mol. The molecular formula is C69H99N8NaO22S. The van der Waals surface area contributed by atoms with E-state index in [9.17, 15) is 80.0 Å². The fourth-order valence-electron chi connectivity index (χ4n) is 13.5. The molecule has 8 amide bonds. The Morgan fingerprint density at radius 1 is 0.713 bits per heavy atom. The van der Waals surface area contributed by atoms with Crippen molar-refractivity contribution in [3.05, 3.63) is 83.4 Å². The van der Waals surface area contributed by atoms with Crippen molar-refractivity contribution < 1.29 is 137 Å². The summed E-state index contributed by atoms with van der Waals surface area (Å²) in [5.74, 6) is -10.1. The first-order chi connectivity index (χ1) is 48.0. The monoisotopic (exact) mass is 1450 g/mol. The summed E-state index contributed by atoms with van der Waals surface area (Å²) >= 11 is -0.00462. The van der Waals surface area contributed by atoms with Gasteiger partial charge in [-0.1, -0.05) is 145 Å². The van der Waals surface area contributed by atoms with Crippen LogP contribution in [0.15, 0.2) is 66.7 Å². The van der Waals surface area contributed by atoms with Crippen LogP contribution in [0.4, 0.5) is 4.79 Å². The van der Waals surface area contributed by atoms with E-state index in [0.29, 0.717) is 12.8 Å². The van der Waals surface area contributed by atoms with Gasteiger partial charge in [-0.3, -0.25) is 38.6 Å². The van der Waals surface area contributed by atoms with Crippen molar-refractivity contribution in [2.45, 2.75) is 221 Å². The Morgan fingerprint density at radius 3 is 1.90 bits per heavy atom. The number of rotatable bonds is 32. The number of β-amino-alcohol motifs (C(OH)–C–C–N with tert-alkyl or cyclic N) is 1. The smallest absolute Gasteiger partial charge is 0.691 e. The van der Waals surface area contributed by atoms with Crippen LogP contribution in [0.5, 0.6) is 11.5 Å². The normalized spacial score (nSPS) is 23.9. The van der Waals surface area contributed by atoms with Crippen LogP contribution < -0.4 is 65.6 Å². The molecule has 3 heterocycles. The maximum Gasteiger partial charge on any atom is 1.00 e. The van der Waals surface area contributed by atoms with Crippen molar-refractivity contribution in [1.29, 1.82) is 0 Å². The van der Waals surface area contributed by atoms with Gasteiger partial charge in [-0.25, -0.2) is 4.79 Å². The van der Waals surface area contributed by atoms with Gasteiger partial charge in [0.05, 0.1) is 55.9 Å². The van der Waals surface area contributed by atoms with Crippen molar-refractivity contribution in [3.63, 3.8) is 0 Å². The zero-order chi connectivity index (χ0) is 72.6. The molecule has 13 atom stereocenters. The van der Waals surface area contributed by atoms with Crippen molar-refractivity contribution >= 4 is 59.8 Å². The minimum Gasteiger partial charge on any atom is -0.691 e. The Kier molecular flexibility index (Phi) is 34.7. The SMILES string of the molecule is CCCCCCCCCCCCCCCC(=O)N[C@H]1C[C@@H](O)CNC(=O)[C@@H]2[C@@H](O)[C@@H](C)CN2C(=O)[C@H]([C@H](O)CCN(C(=O)OCC2c3ccccc3-c3ccccc32)C(CO)CO)NC(=O)[C@H]([C@H](O)Cc2ccc(O)c(OSOO[O-])c2)NC(=O)[C@@H]2C[C@@H](O)CN2C(=O)[C@H]([C@@H](C)O)NC1=O.[Na+]. The zero-order valence-corrected chi connectivity index (χ0v) is 60.6. The number of carbonyl (C=O) groups is 8. The van der Waals surface area contributed by atoms with Crippen LogP contribution in [0.1, 0.15) is 153 Å². The maximum absolute atomic E-state index is 15.4. The molecule has 3 aromatic carbocycles. The third kappa shape index (κ3) is 23.4. The van der Waals surface area contributed by atoms with Gasteiger partial charge in [-0.2, -0.15) is 0 Å². The molecule has 101 heavy (non-hydrogen) atoms. The molecule has 14 N–H and O–H groups in total. The summed E-state index contributed by atoms with van der Waals surface area (Å²) < 4.78 is 15.2. The molecule has 3 aromatic rings. The van der Waals surface area contributed by atoms with E-state index >= 15 is 9.59 Å². The number of carbonyl (C=O) groups excluding carboxylic acids is 8. The number of hydrogen-bond acceptors (Lipinski definition) is 23. The summed E-state index contributed by atoms with van der Waals surface area (Å²) in [5.41, 5.74) is 3.62. The van der Waals surface area contributed by atoms with Gasteiger partial charge in [0.1, 0.15) is 42.9 Å². The Bertz CT molecular complexity index is 3150. The first kappa shape index (κ1) is 83.7. The number of fused-ring (bicyclic) bond motifs is 5. The van der Waals surface area contributed by atoms with Crippen LogP contribution in [0.3, 0.4) is 0 Å². The Hall–Kier alpha value is -6.27. The van der Waals surface area contributed by atoms with E-state index < -0.39 is 209 Å². The van der Waals surface area contributed by atoms with Gasteiger partial charge in [0.15, 0.2) is 11.5 Å². The number of benzene rings is 3. The number of aliphatic hydroxyl groups is 8. The first-order valence-electron chi connectivity index (χ1n) is 34.6. The molecule has 0 bridgehead atoms. The van der Waals surface area contributed by atoms with Gasteiger partial charge in [0.2, 0.25) is 41.4 Å². The fraction of sp³-hybridized carbons (Fsp3) is 0.623. The van der Waals surface area contributed by atoms with Crippen LogP contribution >= 0.6 is 12.3 Å². The second-order valence-corrected chi connectivity index (χ2v) is 26.9. The van der Waals surface area contributed by atoms with Crippen molar-refractivity contribution in [1.82, 2.24) is 41.3 Å². The standard InChI is InChI=1S/C69H100N8O22S.Na/c1-4-5-6-7-8-9-10-11-12-13-14-15-16-25-57(86)71-51-32-44(81)34-70-66(91)61-62(87)40(2)35-77(61)68(93)60(54(84)28-29-75(43(37-78)38-79)69(94)96-39-50-48-23-19-17-21-46(48)47-22-18-20-24-49(47)50)74-65(90)59(55(85)30-42-26-27-53(83)56(31-42)97-100-99-98-95)73-64(89)52-33-45(82)36-76(52)67(92)58(41(3)80)72-63(51)88;/h17-24,26-27,31,40-41,43-45,50-52,54-55,58-62,78-85,87,95H,4-16,25,28-30,32-39H2,1-3H3,(H,70,91)(H,71,86)(H,72,88)(H,73,89)(H,74,90);/q;+1/p-1/t40-,41+,44+,45+,51-,52-,54+,55+,58-,59-,60-,61-,62-;/m0./s1. The third-order valence-corrected chi connectivity index (χ3v) is 19.4. The first-order valence-corrected chi connectivity index (χ1v) is 35.3. The van der Waals surface area contributed by atoms with Gasteiger partial charge in [-0.05, 0) is 59.7 Å². The van der Waals surface area contributed by atoms with Gasteiger partial charge in [0, 0.05) is 63.7 Å². The van der Waals surface area contributed by atoms with Gasteiger partial charge in [-0.15, -0.1) is 4.33 Å². The number of phenols is 1. The summed E-state index contributed by atoms with van der Waals surface area (Å²) in [7, 11) is 0. The van der Waals surface area contributed by atoms with Crippen molar-refractivity contribution in [2.24, 2.45) is 5.92 Å². The molecule has 3 fully saturated rings. The fourth-order valence-corrected chi connectivity index (χ4v) is 13.7. The van der Waals surface area contributed by atoms with Crippen LogP contribution in [0, 0.1) is 5.92 Å². The van der Waals surface area contributed by atoms with E-state index in [2.05, 4.69) is 42.9 Å². The third-order valence-electron chi connectivity index (χ3n) is 19.0. The zero-order valence-electron chi connectivity index (χ0n) is 57.8. The summed E-state index contributed by atoms with van der Waals surface area (Å²) in [6, 6.07) is 5.53. The van der Waals surface area contributed by atoms with Gasteiger partial charge >= 0.3 is 35.7 Å². The van der Waals surface area contributed by atoms with E-state index in [1.807, 2.05) is 48.5 Å². The molecule has 0 radical (unpaired) electrons. The van der Waals surface area contributed by atoms with Crippen LogP contribution in [0.25, 0.3) is 11.1 Å². The molecule has 554 valence electrons. The van der Waals surface area contributed by atoms with Crippen LogP contribution in [-0.2, 0) is 54.1 Å². The summed E-state index contributed by atoms with van der Waals surface area (Å²) in [4.78, 5) is 120. The van der Waals surface area contributed by atoms with Crippen LogP contribution in [-0.4, -0.2) is 233 Å². The number of aromatic hydroxyl groups is 1. The molecule has 1 aliphatic carbocycles. The number of unbranched alkanes of at least 4 members (excludes halogenated alkanes) is 12. The molecule has 3 saturated heterocycles. The number of hydrogen-bond donors (Lipinski definition) is 14. The Labute approximate surface area is 614 Å². The predicted octanol–water partition coefficient (Wildman–Crippen LogP) is -2.33. The second-order valence-electron chi connectivity index (χ2n) is 26.5. The molecule has 30 nitrogen and oxygen atoms in total. The number of nitrogens with one attached hydrogen (secondary N) is 5. The van der Waals surface area contributed by atoms with E-state index in [-0.39, 0.29) is 66.2 Å². The summed E-state index contributed by atoms with van der Waals surface area (Å²) in [6.45, 7) is 0.624. The van der Waals surface area contributed by atoms with E-state index in [0.717, 1.165) is 88.1 Å². The predicted molar refractivity (Wildman–Crippen MR) is 359 cm³/mol. The van der Waals surface area contributed by atoms with Crippen LogP contribution in [0.2, 0.25) is 0 Å². The number of phenolic OH excluding ortho intramolecular Hbond substituents is 1. The van der Waals surface area contributed by atoms with Gasteiger partial charge < -0.3 is 101 Å². The van der Waals surface area contributed by atoms with Crippen molar-refractivity contribution in [3.8, 4) is 22.6 Å². The molecule has 0 spiro atoms. The quantitative estimate of drug-likeness (QED) is 0.0102. The minimum absolute atomic E-state index is 0. The largest absolute Gasteiger partial charge is 1.00 e. The number of ether oxygens (including phenoxy) is 1. The Morgan fingerprint density at radius 2 is 1.30 bits per heavy atom. The molecule has 7 rings (SSSR count). The maximum atomic E-state index is 15.4. The molecule has 32 heteroatoms. The molecule has 0 aromatic heterocycles. The second kappa shape index (κ2) is 41.9. The number of amides is 8. The molecule has 4 aliphatic rings. The molecule has 0 unspecified atom stereocenters. The average Bonchev–Trinajstić information content (AvgIpc) is 1.62. The number of aliphatic hydroxyl groups excluding tert-OH is 8. The summed E-state index contributed by atoms with van der Waals surface area (Å²) in [5, 5.41) is 128. The molecular weight excluding hydrogens is 1350 g/mol. The molecule has 3 aliphatic heterocycles. The minimum atomic E-state index is -2.24. The van der Waals surface area contributed by atoms with Crippen molar-refractivity contribution in [2.75, 3.05) is 46.0 Å². The molecule has 0 saturated carbocycles.